The molecule has 0 aliphatic rings. The lowest BCUT2D eigenvalue weighted by Crippen LogP contribution is -2.00. The van der Waals surface area contributed by atoms with Crippen molar-refractivity contribution in [2.24, 2.45) is 0 Å². The number of halogens is 2. The summed E-state index contributed by atoms with van der Waals surface area (Å²) < 4.78 is 13.8. The van der Waals surface area contributed by atoms with Crippen LogP contribution in [-0.2, 0) is 11.2 Å². The van der Waals surface area contributed by atoms with E-state index in [1.165, 1.54) is 6.07 Å². The Morgan fingerprint density at radius 3 is 2.63 bits per heavy atom. The molecule has 0 radical (unpaired) electrons. The van der Waals surface area contributed by atoms with Crippen molar-refractivity contribution in [3.05, 3.63) is 58.4 Å². The van der Waals surface area contributed by atoms with E-state index in [9.17, 15) is 9.18 Å². The molecule has 4 heteroatoms. The largest absolute Gasteiger partial charge is 0.481 e. The van der Waals surface area contributed by atoms with E-state index in [1.54, 1.807) is 30.3 Å². The van der Waals surface area contributed by atoms with E-state index in [0.717, 1.165) is 5.56 Å². The molecule has 0 amide bonds. The zero-order valence-electron chi connectivity index (χ0n) is 10.3. The summed E-state index contributed by atoms with van der Waals surface area (Å²) >= 11 is 6.03. The molecule has 2 rings (SSSR count). The van der Waals surface area contributed by atoms with Crippen LogP contribution in [0.15, 0.2) is 36.4 Å². The topological polar surface area (TPSA) is 37.3 Å². The van der Waals surface area contributed by atoms with E-state index in [4.69, 9.17) is 16.7 Å². The van der Waals surface area contributed by atoms with Gasteiger partial charge in [0.05, 0.1) is 6.42 Å². The van der Waals surface area contributed by atoms with Crippen LogP contribution in [0.4, 0.5) is 4.39 Å². The van der Waals surface area contributed by atoms with Crippen LogP contribution in [0.1, 0.15) is 11.1 Å². The molecule has 2 nitrogen and oxygen atoms in total. The van der Waals surface area contributed by atoms with Crippen molar-refractivity contribution in [1.29, 1.82) is 0 Å². The lowest BCUT2D eigenvalue weighted by Gasteiger charge is -2.08. The molecule has 0 spiro atoms. The van der Waals surface area contributed by atoms with Gasteiger partial charge in [-0.3, -0.25) is 4.79 Å². The van der Waals surface area contributed by atoms with Crippen LogP contribution in [0.3, 0.4) is 0 Å². The maximum Gasteiger partial charge on any atom is 0.307 e. The van der Waals surface area contributed by atoms with E-state index in [0.29, 0.717) is 21.7 Å². The molecule has 0 bridgehead atoms. The van der Waals surface area contributed by atoms with Crippen LogP contribution in [-0.4, -0.2) is 11.1 Å². The number of carboxylic acid groups (broad SMARTS) is 1. The Labute approximate surface area is 115 Å². The van der Waals surface area contributed by atoms with Gasteiger partial charge in [0, 0.05) is 10.6 Å². The fourth-order valence-corrected chi connectivity index (χ4v) is 2.13. The number of hydrogen-bond acceptors (Lipinski definition) is 1. The Morgan fingerprint density at radius 2 is 2.00 bits per heavy atom. The summed E-state index contributed by atoms with van der Waals surface area (Å²) in [6, 6.07) is 9.73. The smallest absolute Gasteiger partial charge is 0.307 e. The normalized spacial score (nSPS) is 10.5. The lowest BCUT2D eigenvalue weighted by molar-refractivity contribution is -0.136. The van der Waals surface area contributed by atoms with Gasteiger partial charge in [-0.15, -0.1) is 0 Å². The predicted molar refractivity (Wildman–Crippen MR) is 72.9 cm³/mol. The van der Waals surface area contributed by atoms with Crippen LogP contribution in [0.2, 0.25) is 5.02 Å². The fourth-order valence-electron chi connectivity index (χ4n) is 1.88. The van der Waals surface area contributed by atoms with Crippen molar-refractivity contribution in [3.63, 3.8) is 0 Å². The minimum absolute atomic E-state index is 0.143. The number of benzene rings is 2. The van der Waals surface area contributed by atoms with Crippen molar-refractivity contribution in [2.45, 2.75) is 13.3 Å². The molecule has 19 heavy (non-hydrogen) atoms. The molecule has 98 valence electrons. The van der Waals surface area contributed by atoms with Gasteiger partial charge in [0.15, 0.2) is 0 Å². The van der Waals surface area contributed by atoms with Gasteiger partial charge in [0.1, 0.15) is 5.82 Å². The zero-order valence-corrected chi connectivity index (χ0v) is 11.0. The summed E-state index contributed by atoms with van der Waals surface area (Å²) in [4.78, 5) is 10.7. The Kier molecular flexibility index (Phi) is 3.86. The van der Waals surface area contributed by atoms with Crippen molar-refractivity contribution in [3.8, 4) is 11.1 Å². The monoisotopic (exact) mass is 278 g/mol. The molecule has 2 aromatic carbocycles. The van der Waals surface area contributed by atoms with E-state index >= 15 is 0 Å². The molecule has 0 aromatic heterocycles. The summed E-state index contributed by atoms with van der Waals surface area (Å²) in [5.74, 6) is -1.27. The van der Waals surface area contributed by atoms with E-state index < -0.39 is 5.97 Å². The Morgan fingerprint density at radius 1 is 1.26 bits per heavy atom. The third kappa shape index (κ3) is 3.12. The molecule has 1 N–H and O–H groups in total. The zero-order chi connectivity index (χ0) is 14.0. The van der Waals surface area contributed by atoms with Crippen LogP contribution in [0, 0.1) is 12.7 Å². The molecule has 2 aromatic rings. The Bertz CT molecular complexity index is 638. The highest BCUT2D eigenvalue weighted by molar-refractivity contribution is 6.31. The van der Waals surface area contributed by atoms with Gasteiger partial charge in [-0.2, -0.15) is 0 Å². The van der Waals surface area contributed by atoms with Crippen LogP contribution in [0.25, 0.3) is 11.1 Å². The van der Waals surface area contributed by atoms with Gasteiger partial charge < -0.3 is 5.11 Å². The number of carbonyl (C=O) groups is 1. The van der Waals surface area contributed by atoms with Crippen LogP contribution in [0.5, 0.6) is 0 Å². The van der Waals surface area contributed by atoms with Gasteiger partial charge in [-0.1, -0.05) is 35.4 Å². The summed E-state index contributed by atoms with van der Waals surface area (Å²) in [6.45, 7) is 1.88. The number of aliphatic carboxylic acids is 1. The second-order valence-electron chi connectivity index (χ2n) is 4.36. The number of aryl methyl sites for hydroxylation is 1. The molecule has 0 heterocycles. The van der Waals surface area contributed by atoms with Gasteiger partial charge in [0.25, 0.3) is 0 Å². The quantitative estimate of drug-likeness (QED) is 0.918. The molecular formula is C15H12ClFO2. The number of hydrogen-bond donors (Lipinski definition) is 1. The summed E-state index contributed by atoms with van der Waals surface area (Å²) in [5.41, 5.74) is 2.57. The average Bonchev–Trinajstić information content (AvgIpc) is 2.34. The van der Waals surface area contributed by atoms with Gasteiger partial charge in [-0.25, -0.2) is 4.39 Å². The Balaban J connectivity index is 2.44. The molecule has 0 unspecified atom stereocenters. The Hall–Kier alpha value is -1.87. The fraction of sp³-hybridized carbons (Fsp3) is 0.133. The maximum absolute atomic E-state index is 13.8. The minimum atomic E-state index is -0.948. The minimum Gasteiger partial charge on any atom is -0.481 e. The first-order valence-electron chi connectivity index (χ1n) is 5.74. The molecule has 0 aliphatic carbocycles. The van der Waals surface area contributed by atoms with E-state index in [-0.39, 0.29) is 12.2 Å². The van der Waals surface area contributed by atoms with Crippen LogP contribution < -0.4 is 0 Å². The van der Waals surface area contributed by atoms with Crippen LogP contribution >= 0.6 is 11.6 Å². The molecule has 0 aliphatic heterocycles. The number of rotatable bonds is 3. The SMILES string of the molecule is Cc1ccc(F)c(-c2ccc(CC(=O)O)c(Cl)c2)c1. The second-order valence-corrected chi connectivity index (χ2v) is 4.77. The first kappa shape index (κ1) is 13.6. The van der Waals surface area contributed by atoms with Crippen molar-refractivity contribution < 1.29 is 14.3 Å². The molecular weight excluding hydrogens is 267 g/mol. The van der Waals surface area contributed by atoms with Gasteiger partial charge in [0.2, 0.25) is 0 Å². The first-order valence-corrected chi connectivity index (χ1v) is 6.12. The number of carboxylic acids is 1. The van der Waals surface area contributed by atoms with Gasteiger partial charge in [-0.05, 0) is 36.2 Å². The van der Waals surface area contributed by atoms with E-state index in [1.807, 2.05) is 6.92 Å². The predicted octanol–water partition coefficient (Wildman–Crippen LogP) is 4.08. The van der Waals surface area contributed by atoms with Crippen molar-refractivity contribution in [1.82, 2.24) is 0 Å². The van der Waals surface area contributed by atoms with E-state index in [2.05, 4.69) is 0 Å². The highest BCUT2D eigenvalue weighted by atomic mass is 35.5. The first-order chi connectivity index (χ1) is 8.97. The third-order valence-electron chi connectivity index (χ3n) is 2.83. The lowest BCUT2D eigenvalue weighted by atomic mass is 10.0. The molecule has 0 atom stereocenters. The standard InChI is InChI=1S/C15H12ClFO2/c1-9-2-5-14(17)12(6-9)10-3-4-11(8-15(18)19)13(16)7-10/h2-7H,8H2,1H3,(H,18,19). The molecule has 0 saturated heterocycles. The summed E-state index contributed by atoms with van der Waals surface area (Å²) in [7, 11) is 0. The summed E-state index contributed by atoms with van der Waals surface area (Å²) in [6.07, 6.45) is -0.143. The van der Waals surface area contributed by atoms with Crippen molar-refractivity contribution in [2.75, 3.05) is 0 Å². The third-order valence-corrected chi connectivity index (χ3v) is 3.18. The van der Waals surface area contributed by atoms with Gasteiger partial charge >= 0.3 is 5.97 Å². The maximum atomic E-state index is 13.8. The molecule has 0 saturated carbocycles. The molecule has 0 fully saturated rings. The van der Waals surface area contributed by atoms with Crippen molar-refractivity contribution >= 4 is 17.6 Å². The highest BCUT2D eigenvalue weighted by Crippen LogP contribution is 2.28. The average molecular weight is 279 g/mol. The summed E-state index contributed by atoms with van der Waals surface area (Å²) in [5, 5.41) is 9.07. The highest BCUT2D eigenvalue weighted by Gasteiger charge is 2.10. The second kappa shape index (κ2) is 5.41.